The summed E-state index contributed by atoms with van der Waals surface area (Å²) in [6, 6.07) is 11.2. The van der Waals surface area contributed by atoms with Crippen LogP contribution in [0.15, 0.2) is 47.4 Å². The number of benzene rings is 2. The van der Waals surface area contributed by atoms with Crippen molar-refractivity contribution in [2.75, 3.05) is 30.8 Å². The van der Waals surface area contributed by atoms with Crippen LogP contribution in [0, 0.1) is 5.41 Å². The summed E-state index contributed by atoms with van der Waals surface area (Å²) in [5.74, 6) is -1.06. The van der Waals surface area contributed by atoms with Gasteiger partial charge in [0.05, 0.1) is 17.0 Å². The van der Waals surface area contributed by atoms with Crippen molar-refractivity contribution in [1.82, 2.24) is 4.90 Å². The lowest BCUT2D eigenvalue weighted by Crippen LogP contribution is -2.33. The number of anilines is 1. The molecule has 0 radical (unpaired) electrons. The first-order chi connectivity index (χ1) is 14.1. The van der Waals surface area contributed by atoms with Gasteiger partial charge in [-0.25, -0.2) is 13.2 Å². The quantitative estimate of drug-likeness (QED) is 0.451. The minimum atomic E-state index is -3.65. The zero-order valence-corrected chi connectivity index (χ0v) is 17.1. The maximum atomic E-state index is 12.7. The molecule has 1 aliphatic rings. The van der Waals surface area contributed by atoms with E-state index in [1.54, 1.807) is 36.4 Å². The van der Waals surface area contributed by atoms with Crippen LogP contribution in [0.1, 0.15) is 12.0 Å². The fourth-order valence-electron chi connectivity index (χ4n) is 3.30. The summed E-state index contributed by atoms with van der Waals surface area (Å²) in [5.41, 5.74) is 7.68. The van der Waals surface area contributed by atoms with Crippen molar-refractivity contribution in [2.24, 2.45) is 5.73 Å². The van der Waals surface area contributed by atoms with Crippen LogP contribution >= 0.6 is 0 Å². The van der Waals surface area contributed by atoms with Gasteiger partial charge in [-0.3, -0.25) is 15.1 Å². The van der Waals surface area contributed by atoms with Crippen LogP contribution in [0.4, 0.5) is 10.5 Å². The highest BCUT2D eigenvalue weighted by atomic mass is 32.2. The maximum absolute atomic E-state index is 12.7. The smallest absolute Gasteiger partial charge is 0.324 e. The van der Waals surface area contributed by atoms with Crippen LogP contribution < -0.4 is 10.6 Å². The molecule has 1 heterocycles. The Labute approximate surface area is 174 Å². The third-order valence-electron chi connectivity index (χ3n) is 4.87. The van der Waals surface area contributed by atoms with Gasteiger partial charge in [-0.05, 0) is 23.3 Å². The highest BCUT2D eigenvalue weighted by Gasteiger charge is 2.32. The molecular weight excluding hydrogens is 408 g/mol. The summed E-state index contributed by atoms with van der Waals surface area (Å²) in [6.45, 7) is 0.663. The van der Waals surface area contributed by atoms with E-state index < -0.39 is 21.8 Å². The maximum Gasteiger partial charge on any atom is 0.324 e. The highest BCUT2D eigenvalue weighted by molar-refractivity contribution is 7.90. The van der Waals surface area contributed by atoms with E-state index in [-0.39, 0.29) is 35.9 Å². The number of amidine groups is 1. The van der Waals surface area contributed by atoms with Crippen molar-refractivity contribution >= 4 is 33.4 Å². The van der Waals surface area contributed by atoms with Gasteiger partial charge in [-0.2, -0.15) is 0 Å². The Morgan fingerprint density at radius 2 is 1.77 bits per heavy atom. The number of aliphatic carboxylic acids is 1. The van der Waals surface area contributed by atoms with E-state index in [4.69, 9.17) is 16.2 Å². The molecule has 10 heteroatoms. The normalized spacial score (nSPS) is 14.2. The van der Waals surface area contributed by atoms with Gasteiger partial charge in [0.2, 0.25) is 0 Å². The van der Waals surface area contributed by atoms with E-state index in [2.05, 4.69) is 0 Å². The molecule has 158 valence electrons. The van der Waals surface area contributed by atoms with E-state index in [1.165, 1.54) is 15.9 Å². The third-order valence-corrected chi connectivity index (χ3v) is 6.00. The number of carbonyl (C=O) groups excluding carboxylic acids is 1. The summed E-state index contributed by atoms with van der Waals surface area (Å²) in [4.78, 5) is 26.2. The number of carboxylic acid groups (broad SMARTS) is 1. The van der Waals surface area contributed by atoms with Crippen molar-refractivity contribution in [3.05, 3.63) is 48.0 Å². The van der Waals surface area contributed by atoms with Crippen molar-refractivity contribution in [3.8, 4) is 11.1 Å². The summed E-state index contributed by atoms with van der Waals surface area (Å²) in [6.07, 6.45) is 0.908. The van der Waals surface area contributed by atoms with Crippen LogP contribution in [0.3, 0.4) is 0 Å². The van der Waals surface area contributed by atoms with Crippen LogP contribution in [-0.4, -0.2) is 62.2 Å². The van der Waals surface area contributed by atoms with Crippen LogP contribution in [0.25, 0.3) is 11.1 Å². The summed E-state index contributed by atoms with van der Waals surface area (Å²) >= 11 is 0. The molecule has 30 heavy (non-hydrogen) atoms. The van der Waals surface area contributed by atoms with Crippen molar-refractivity contribution in [2.45, 2.75) is 11.3 Å². The van der Waals surface area contributed by atoms with E-state index >= 15 is 0 Å². The predicted octanol–water partition coefficient (Wildman–Crippen LogP) is 1.76. The topological polar surface area (TPSA) is 145 Å². The van der Waals surface area contributed by atoms with E-state index in [0.717, 1.165) is 11.8 Å². The van der Waals surface area contributed by atoms with Gasteiger partial charge in [0.15, 0.2) is 9.84 Å². The largest absolute Gasteiger partial charge is 0.481 e. The van der Waals surface area contributed by atoms with Gasteiger partial charge < -0.3 is 15.7 Å². The number of nitrogens with two attached hydrogens (primary N) is 1. The number of nitrogen functional groups attached to an aromatic ring is 1. The number of hydrogen-bond acceptors (Lipinski definition) is 5. The van der Waals surface area contributed by atoms with Crippen LogP contribution in [0.5, 0.6) is 0 Å². The van der Waals surface area contributed by atoms with Gasteiger partial charge in [-0.15, -0.1) is 0 Å². The first-order valence-corrected chi connectivity index (χ1v) is 11.0. The number of nitrogens with zero attached hydrogens (tertiary/aromatic N) is 2. The Bertz CT molecular complexity index is 1110. The molecule has 0 spiro atoms. The molecule has 0 atom stereocenters. The van der Waals surface area contributed by atoms with Gasteiger partial charge in [-0.1, -0.05) is 30.3 Å². The second-order valence-corrected chi connectivity index (χ2v) is 8.99. The summed E-state index contributed by atoms with van der Waals surface area (Å²) in [7, 11) is -3.65. The molecule has 0 aromatic heterocycles. The Hall–Kier alpha value is -3.40. The second-order valence-electron chi connectivity index (χ2n) is 7.01. The molecule has 0 aliphatic carbocycles. The Morgan fingerprint density at radius 1 is 1.13 bits per heavy atom. The monoisotopic (exact) mass is 430 g/mol. The molecule has 0 saturated carbocycles. The summed E-state index contributed by atoms with van der Waals surface area (Å²) in [5, 5.41) is 16.3. The summed E-state index contributed by atoms with van der Waals surface area (Å²) < 4.78 is 24.9. The third kappa shape index (κ3) is 4.43. The molecule has 2 aromatic rings. The molecule has 1 saturated heterocycles. The lowest BCUT2D eigenvalue weighted by atomic mass is 10.0. The number of carbonyl (C=O) groups is 2. The molecule has 0 bridgehead atoms. The number of urea groups is 1. The lowest BCUT2D eigenvalue weighted by Gasteiger charge is -2.21. The van der Waals surface area contributed by atoms with E-state index in [9.17, 15) is 18.0 Å². The van der Waals surface area contributed by atoms with Gasteiger partial charge in [0.25, 0.3) is 0 Å². The second kappa shape index (κ2) is 8.15. The Kier molecular flexibility index (Phi) is 5.79. The Balaban J connectivity index is 1.96. The fraction of sp³-hybridized carbons (Fsp3) is 0.250. The van der Waals surface area contributed by atoms with Crippen molar-refractivity contribution in [3.63, 3.8) is 0 Å². The molecule has 1 aliphatic heterocycles. The van der Waals surface area contributed by atoms with Crippen LogP contribution in [-0.2, 0) is 14.6 Å². The molecule has 4 N–H and O–H groups in total. The molecule has 1 fully saturated rings. The fourth-order valence-corrected chi connectivity index (χ4v) is 4.20. The SMILES string of the molecule is CS(=O)(=O)c1cc(-c2ccc(C(=N)N)cc2)ccc1N1CCN(CCC(=O)O)C1=O. The number of amides is 2. The molecule has 9 nitrogen and oxygen atoms in total. The number of rotatable bonds is 7. The molecule has 2 amide bonds. The zero-order chi connectivity index (χ0) is 22.1. The van der Waals surface area contributed by atoms with Gasteiger partial charge >= 0.3 is 12.0 Å². The van der Waals surface area contributed by atoms with Gasteiger partial charge in [0, 0.05) is 31.5 Å². The lowest BCUT2D eigenvalue weighted by molar-refractivity contribution is -0.137. The molecule has 0 unspecified atom stereocenters. The van der Waals surface area contributed by atoms with Crippen molar-refractivity contribution < 1.29 is 23.1 Å². The molecule has 3 rings (SSSR count). The van der Waals surface area contributed by atoms with Crippen molar-refractivity contribution in [1.29, 1.82) is 5.41 Å². The van der Waals surface area contributed by atoms with E-state index in [0.29, 0.717) is 17.7 Å². The first-order valence-electron chi connectivity index (χ1n) is 9.15. The Morgan fingerprint density at radius 3 is 2.33 bits per heavy atom. The predicted molar refractivity (Wildman–Crippen MR) is 113 cm³/mol. The number of hydrogen-bond donors (Lipinski definition) is 3. The number of carboxylic acids is 1. The van der Waals surface area contributed by atoms with Gasteiger partial charge in [0.1, 0.15) is 5.84 Å². The minimum Gasteiger partial charge on any atom is -0.481 e. The number of sulfone groups is 1. The average molecular weight is 430 g/mol. The zero-order valence-electron chi connectivity index (χ0n) is 16.3. The first kappa shape index (κ1) is 21.3. The number of nitrogens with one attached hydrogen (secondary N) is 1. The van der Waals surface area contributed by atoms with E-state index in [1.807, 2.05) is 0 Å². The standard InChI is InChI=1S/C20H22N4O5S/c1-30(28,29)17-12-15(13-2-4-14(5-3-13)19(21)22)6-7-16(17)24-11-10-23(20(24)27)9-8-18(25)26/h2-7,12H,8-11H2,1H3,(H3,21,22)(H,25,26). The highest BCUT2D eigenvalue weighted by Crippen LogP contribution is 2.33. The average Bonchev–Trinajstić information content (AvgIpc) is 3.05. The molecular formula is C20H22N4O5S. The minimum absolute atomic E-state index is 0.0177. The van der Waals surface area contributed by atoms with Crippen LogP contribution in [0.2, 0.25) is 0 Å². The molecule has 2 aromatic carbocycles.